The molecule has 0 saturated carbocycles. The number of nitrogens with one attached hydrogen (secondary N) is 1. The quantitative estimate of drug-likeness (QED) is 0.0666. The maximum Gasteiger partial charge on any atom is 0.229 e. The van der Waals surface area contributed by atoms with E-state index in [9.17, 15) is 15.0 Å². The molecular weight excluding hydrogens is 609 g/mol. The van der Waals surface area contributed by atoms with Gasteiger partial charge in [0.15, 0.2) is 17.3 Å². The Balaban J connectivity index is 1.53. The fraction of sp³-hybridized carbons (Fsp3) is 0.414. The molecule has 0 unspecified atom stereocenters. The van der Waals surface area contributed by atoms with Crippen LogP contribution in [0.2, 0.25) is 0 Å². The van der Waals surface area contributed by atoms with Crippen LogP contribution in [0.1, 0.15) is 49.6 Å². The van der Waals surface area contributed by atoms with E-state index in [0.717, 1.165) is 66.3 Å². The first kappa shape index (κ1) is 28.9. The summed E-state index contributed by atoms with van der Waals surface area (Å²) in [6, 6.07) is 11.2. The molecule has 4 rings (SSSR count). The Labute approximate surface area is 241 Å². The van der Waals surface area contributed by atoms with Gasteiger partial charge in [-0.3, -0.25) is 4.79 Å². The van der Waals surface area contributed by atoms with Crippen LogP contribution in [0.5, 0.6) is 11.5 Å². The Morgan fingerprint density at radius 1 is 1.10 bits per heavy atom. The number of amides is 1. The topological polar surface area (TPSA) is 136 Å². The summed E-state index contributed by atoms with van der Waals surface area (Å²) in [5, 5.41) is 24.3. The van der Waals surface area contributed by atoms with Crippen molar-refractivity contribution in [1.29, 1.82) is 0 Å². The fourth-order valence-electron chi connectivity index (χ4n) is 4.66. The predicted octanol–water partition coefficient (Wildman–Crippen LogP) is 4.86. The maximum atomic E-state index is 11.3. The second-order valence-corrected chi connectivity index (χ2v) is 10.4. The number of ether oxygens (including phenoxy) is 1. The molecule has 2 aromatic carbocycles. The number of benzene rings is 2. The number of aromatic hydroxyl groups is 2. The summed E-state index contributed by atoms with van der Waals surface area (Å²) in [6.45, 7) is 4.39. The Morgan fingerprint density at radius 3 is 2.72 bits per heavy atom. The van der Waals surface area contributed by atoms with Crippen molar-refractivity contribution >= 4 is 56.3 Å². The summed E-state index contributed by atoms with van der Waals surface area (Å²) in [6.07, 6.45) is 5.29. The van der Waals surface area contributed by atoms with Crippen LogP contribution < -0.4 is 11.1 Å². The number of nitrogens with zero attached hydrogens (tertiary/aromatic N) is 3. The van der Waals surface area contributed by atoms with Crippen molar-refractivity contribution in [3.63, 3.8) is 0 Å². The highest BCUT2D eigenvalue weighted by molar-refractivity contribution is 14.1. The van der Waals surface area contributed by atoms with E-state index in [1.807, 2.05) is 22.6 Å². The van der Waals surface area contributed by atoms with E-state index >= 15 is 0 Å². The summed E-state index contributed by atoms with van der Waals surface area (Å²) in [4.78, 5) is 20.8. The molecular formula is C29H36IN5O4. The molecule has 9 nitrogen and oxygen atoms in total. The molecule has 1 amide bonds. The van der Waals surface area contributed by atoms with Crippen LogP contribution in [0.25, 0.3) is 21.9 Å². The van der Waals surface area contributed by atoms with Crippen molar-refractivity contribution in [1.82, 2.24) is 19.9 Å². The van der Waals surface area contributed by atoms with Gasteiger partial charge in [0.2, 0.25) is 5.91 Å². The highest BCUT2D eigenvalue weighted by atomic mass is 127. The van der Waals surface area contributed by atoms with Crippen LogP contribution in [0, 0.1) is 0 Å². The summed E-state index contributed by atoms with van der Waals surface area (Å²) in [5.74, 6) is 1.04. The maximum absolute atomic E-state index is 11.3. The van der Waals surface area contributed by atoms with E-state index in [1.165, 1.54) is 6.07 Å². The largest absolute Gasteiger partial charge is 0.504 e. The molecule has 0 aliphatic heterocycles. The second-order valence-electron chi connectivity index (χ2n) is 9.60. The van der Waals surface area contributed by atoms with Gasteiger partial charge in [0.1, 0.15) is 11.3 Å². The molecule has 0 aliphatic carbocycles. The number of nitrogens with two attached hydrogens (primary N) is 1. The van der Waals surface area contributed by atoms with Crippen LogP contribution in [-0.2, 0) is 28.9 Å². The molecule has 10 heteroatoms. The van der Waals surface area contributed by atoms with Crippen molar-refractivity contribution in [3.8, 4) is 11.5 Å². The van der Waals surface area contributed by atoms with Gasteiger partial charge in [0.05, 0.1) is 22.0 Å². The first-order valence-corrected chi connectivity index (χ1v) is 14.9. The number of para-hydroxylation sites is 1. The highest BCUT2D eigenvalue weighted by Gasteiger charge is 2.19. The van der Waals surface area contributed by atoms with Crippen LogP contribution in [0.4, 0.5) is 5.82 Å². The zero-order chi connectivity index (χ0) is 27.8. The highest BCUT2D eigenvalue weighted by Crippen LogP contribution is 2.34. The Kier molecular flexibility index (Phi) is 10.2. The number of nitrogen functional groups attached to an aromatic ring is 1. The van der Waals surface area contributed by atoms with Crippen molar-refractivity contribution in [3.05, 3.63) is 53.3 Å². The van der Waals surface area contributed by atoms with Gasteiger partial charge in [0, 0.05) is 37.1 Å². The number of aryl methyl sites for hydroxylation is 2. The van der Waals surface area contributed by atoms with E-state index in [0.29, 0.717) is 47.6 Å². The molecule has 0 bridgehead atoms. The fourth-order valence-corrected chi connectivity index (χ4v) is 4.93. The zero-order valence-electron chi connectivity index (χ0n) is 22.3. The molecule has 0 radical (unpaired) electrons. The smallest absolute Gasteiger partial charge is 0.229 e. The van der Waals surface area contributed by atoms with Gasteiger partial charge in [-0.2, -0.15) is 0 Å². The Morgan fingerprint density at radius 2 is 1.92 bits per heavy atom. The molecule has 0 fully saturated rings. The zero-order valence-corrected chi connectivity index (χ0v) is 24.4. The summed E-state index contributed by atoms with van der Waals surface area (Å²) < 4.78 is 8.29. The minimum absolute atomic E-state index is 0.0520. The number of hydrogen-bond donors (Lipinski definition) is 4. The molecule has 0 spiro atoms. The van der Waals surface area contributed by atoms with E-state index in [4.69, 9.17) is 15.5 Å². The van der Waals surface area contributed by atoms with Gasteiger partial charge < -0.3 is 30.6 Å². The molecule has 2 aromatic heterocycles. The van der Waals surface area contributed by atoms with Crippen molar-refractivity contribution in [2.24, 2.45) is 0 Å². The SMILES string of the molecule is CCCCc1nc2c(N)nc3cc(CCCOCCCNC(=O)CI)ccc3c2n1Cc1cccc(O)c1O. The predicted molar refractivity (Wildman–Crippen MR) is 163 cm³/mol. The molecule has 2 heterocycles. The van der Waals surface area contributed by atoms with E-state index in [1.54, 1.807) is 12.1 Å². The molecule has 208 valence electrons. The minimum Gasteiger partial charge on any atom is -0.504 e. The number of imidazole rings is 1. The number of halogens is 1. The van der Waals surface area contributed by atoms with Gasteiger partial charge in [-0.1, -0.05) is 60.2 Å². The number of rotatable bonds is 14. The van der Waals surface area contributed by atoms with Crippen LogP contribution in [0.15, 0.2) is 36.4 Å². The number of anilines is 1. The normalized spacial score (nSPS) is 11.4. The number of carbonyl (C=O) groups is 1. The molecule has 4 aromatic rings. The Hall–Kier alpha value is -3.12. The van der Waals surface area contributed by atoms with Crippen molar-refractivity contribution < 1.29 is 19.7 Å². The summed E-state index contributed by atoms with van der Waals surface area (Å²) in [7, 11) is 0. The Bertz CT molecular complexity index is 1440. The average molecular weight is 646 g/mol. The molecule has 5 N–H and O–H groups in total. The molecule has 0 aliphatic rings. The second kappa shape index (κ2) is 13.8. The lowest BCUT2D eigenvalue weighted by molar-refractivity contribution is -0.118. The lowest BCUT2D eigenvalue weighted by Gasteiger charge is -2.13. The van der Waals surface area contributed by atoms with E-state index < -0.39 is 0 Å². The monoisotopic (exact) mass is 645 g/mol. The third-order valence-corrected chi connectivity index (χ3v) is 7.38. The van der Waals surface area contributed by atoms with Crippen LogP contribution in [0.3, 0.4) is 0 Å². The number of alkyl halides is 1. The number of phenols is 2. The molecule has 0 saturated heterocycles. The van der Waals surface area contributed by atoms with Gasteiger partial charge >= 0.3 is 0 Å². The molecule has 0 atom stereocenters. The number of hydrogen-bond acceptors (Lipinski definition) is 7. The number of phenolic OH excluding ortho intramolecular Hbond substituents is 2. The lowest BCUT2D eigenvalue weighted by Crippen LogP contribution is -2.25. The third-order valence-electron chi connectivity index (χ3n) is 6.69. The van der Waals surface area contributed by atoms with E-state index in [2.05, 4.69) is 40.0 Å². The standard InChI is InChI=1S/C29H36IN5O4/c1-2-3-10-24-34-26-27(35(24)18-20-8-4-9-23(36)28(20)38)21-12-11-19(16-22(21)33-29(26)31)7-5-14-39-15-6-13-32-25(37)17-30/h4,8-9,11-12,16,36,38H,2-3,5-7,10,13-15,17-18H2,1H3,(H2,31,33)(H,32,37). The lowest BCUT2D eigenvalue weighted by atomic mass is 10.1. The first-order chi connectivity index (χ1) is 18.9. The number of unbranched alkanes of at least 4 members (excludes halogenated alkanes) is 1. The number of pyridine rings is 1. The summed E-state index contributed by atoms with van der Waals surface area (Å²) >= 11 is 2.05. The minimum atomic E-state index is -0.144. The average Bonchev–Trinajstić information content (AvgIpc) is 3.30. The van der Waals surface area contributed by atoms with Gasteiger partial charge in [-0.25, -0.2) is 9.97 Å². The van der Waals surface area contributed by atoms with Crippen molar-refractivity contribution in [2.75, 3.05) is 29.9 Å². The number of aromatic nitrogens is 3. The van der Waals surface area contributed by atoms with Gasteiger partial charge in [0.25, 0.3) is 0 Å². The van der Waals surface area contributed by atoms with Crippen LogP contribution >= 0.6 is 22.6 Å². The third kappa shape index (κ3) is 7.10. The number of fused-ring (bicyclic) bond motifs is 3. The van der Waals surface area contributed by atoms with Crippen molar-refractivity contribution in [2.45, 2.75) is 52.0 Å². The van der Waals surface area contributed by atoms with Gasteiger partial charge in [-0.15, -0.1) is 0 Å². The van der Waals surface area contributed by atoms with Crippen LogP contribution in [-0.4, -0.2) is 54.8 Å². The van der Waals surface area contributed by atoms with Gasteiger partial charge in [-0.05, 0) is 43.4 Å². The first-order valence-electron chi connectivity index (χ1n) is 13.4. The van der Waals surface area contributed by atoms with E-state index in [-0.39, 0.29) is 17.4 Å². The molecule has 39 heavy (non-hydrogen) atoms. The summed E-state index contributed by atoms with van der Waals surface area (Å²) in [5.41, 5.74) is 10.5. The number of carbonyl (C=O) groups excluding carboxylic acids is 1.